The van der Waals surface area contributed by atoms with Crippen LogP contribution < -0.4 is 0 Å². The fraction of sp³-hybridized carbons (Fsp3) is 0.120. The minimum atomic E-state index is -5.08. The van der Waals surface area contributed by atoms with E-state index in [1.54, 1.807) is 18.6 Å². The monoisotopic (exact) mass is 505 g/mol. The lowest BCUT2D eigenvalue weighted by atomic mass is 9.99. The molecule has 5 rings (SSSR count). The van der Waals surface area contributed by atoms with Gasteiger partial charge in [-0.15, -0.1) is 0 Å². The Labute approximate surface area is 207 Å². The van der Waals surface area contributed by atoms with E-state index in [1.807, 2.05) is 47.4 Å². The number of carbonyl (C=O) groups is 1. The van der Waals surface area contributed by atoms with E-state index in [0.717, 1.165) is 39.0 Å². The van der Waals surface area contributed by atoms with E-state index in [9.17, 15) is 18.4 Å². The molecule has 2 N–H and O–H groups in total. The van der Waals surface area contributed by atoms with Crippen LogP contribution in [-0.2, 0) is 4.79 Å². The third-order valence-corrected chi connectivity index (χ3v) is 5.36. The number of nitriles is 1. The Hall–Kier alpha value is -5.05. The number of hydrogen-bond donors (Lipinski definition) is 2. The second-order valence-electron chi connectivity index (χ2n) is 7.71. The first kappa shape index (κ1) is 25.1. The highest BCUT2D eigenvalue weighted by Gasteiger charge is 2.38. The zero-order valence-electron chi connectivity index (χ0n) is 19.0. The van der Waals surface area contributed by atoms with Crippen LogP contribution in [0.5, 0.6) is 0 Å². The second kappa shape index (κ2) is 10.7. The molecule has 12 heteroatoms. The topological polar surface area (TPSA) is 133 Å². The maximum atomic E-state index is 10.6. The molecular formula is C25H18F3N7O2. The molecule has 1 atom stereocenters. The molecule has 5 aromatic rings. The smallest absolute Gasteiger partial charge is 0.475 e. The van der Waals surface area contributed by atoms with Crippen molar-refractivity contribution >= 4 is 17.0 Å². The Balaban J connectivity index is 0.000000405. The summed E-state index contributed by atoms with van der Waals surface area (Å²) >= 11 is 0. The number of halogens is 3. The van der Waals surface area contributed by atoms with Gasteiger partial charge in [0, 0.05) is 35.7 Å². The fourth-order valence-electron chi connectivity index (χ4n) is 3.65. The largest absolute Gasteiger partial charge is 0.490 e. The summed E-state index contributed by atoms with van der Waals surface area (Å²) < 4.78 is 33.6. The number of nitrogens with one attached hydrogen (secondary N) is 1. The van der Waals surface area contributed by atoms with E-state index >= 15 is 0 Å². The number of rotatable bonds is 5. The summed E-state index contributed by atoms with van der Waals surface area (Å²) in [5, 5.41) is 22.1. The Bertz CT molecular complexity index is 1560. The second-order valence-corrected chi connectivity index (χ2v) is 7.71. The molecule has 4 heterocycles. The van der Waals surface area contributed by atoms with Crippen molar-refractivity contribution in [3.8, 4) is 28.5 Å². The van der Waals surface area contributed by atoms with Crippen molar-refractivity contribution in [3.05, 3.63) is 85.3 Å². The molecule has 0 aliphatic rings. The maximum Gasteiger partial charge on any atom is 0.490 e. The first-order valence-electron chi connectivity index (χ1n) is 10.8. The van der Waals surface area contributed by atoms with Gasteiger partial charge < -0.3 is 10.1 Å². The lowest BCUT2D eigenvalue weighted by Gasteiger charge is -2.16. The highest BCUT2D eigenvalue weighted by Crippen LogP contribution is 2.29. The Morgan fingerprint density at radius 1 is 1.11 bits per heavy atom. The fourth-order valence-corrected chi connectivity index (χ4v) is 3.65. The van der Waals surface area contributed by atoms with Crippen LogP contribution in [0.3, 0.4) is 0 Å². The van der Waals surface area contributed by atoms with E-state index in [1.165, 1.54) is 6.33 Å². The van der Waals surface area contributed by atoms with Crippen LogP contribution in [0.2, 0.25) is 0 Å². The molecule has 0 aliphatic heterocycles. The zero-order chi connectivity index (χ0) is 26.4. The van der Waals surface area contributed by atoms with Crippen molar-refractivity contribution in [1.82, 2.24) is 29.7 Å². The van der Waals surface area contributed by atoms with Gasteiger partial charge in [-0.2, -0.15) is 23.5 Å². The molecule has 0 bridgehead atoms. The highest BCUT2D eigenvalue weighted by molar-refractivity contribution is 5.90. The maximum absolute atomic E-state index is 10.6. The number of aromatic amines is 1. The molecule has 9 nitrogen and oxygen atoms in total. The van der Waals surface area contributed by atoms with Gasteiger partial charge in [0.25, 0.3) is 0 Å². The van der Waals surface area contributed by atoms with Crippen LogP contribution in [-0.4, -0.2) is 47.0 Å². The van der Waals surface area contributed by atoms with Crippen LogP contribution in [0.15, 0.2) is 79.8 Å². The Morgan fingerprint density at radius 2 is 1.86 bits per heavy atom. The number of aromatic nitrogens is 6. The lowest BCUT2D eigenvalue weighted by Crippen LogP contribution is -2.21. The number of benzene rings is 1. The van der Waals surface area contributed by atoms with Crippen LogP contribution in [0, 0.1) is 11.3 Å². The van der Waals surface area contributed by atoms with Crippen molar-refractivity contribution in [1.29, 1.82) is 5.26 Å². The average molecular weight is 505 g/mol. The van der Waals surface area contributed by atoms with Gasteiger partial charge in [-0.1, -0.05) is 18.2 Å². The van der Waals surface area contributed by atoms with Crippen molar-refractivity contribution < 1.29 is 23.1 Å². The summed E-state index contributed by atoms with van der Waals surface area (Å²) in [4.78, 5) is 24.8. The molecule has 4 aromatic heterocycles. The zero-order valence-corrected chi connectivity index (χ0v) is 19.0. The summed E-state index contributed by atoms with van der Waals surface area (Å²) in [6.45, 7) is 0. The number of carboxylic acid groups (broad SMARTS) is 1. The van der Waals surface area contributed by atoms with Crippen LogP contribution in [0.25, 0.3) is 33.4 Å². The van der Waals surface area contributed by atoms with E-state index in [2.05, 4.69) is 43.2 Å². The molecule has 186 valence electrons. The molecule has 37 heavy (non-hydrogen) atoms. The number of H-pyrrole nitrogens is 1. The number of aliphatic carboxylic acids is 1. The molecule has 0 fully saturated rings. The molecule has 0 saturated heterocycles. The normalized spacial score (nSPS) is 11.8. The number of alkyl halides is 3. The molecule has 0 radical (unpaired) electrons. The van der Waals surface area contributed by atoms with Gasteiger partial charge in [0.1, 0.15) is 12.0 Å². The SMILES string of the molecule is N#CCC(c1cccc(-c2ccncc2)c1)n1cc(-c2ncnc3[nH]ccc23)cn1.O=C(O)C(F)(F)F. The molecule has 1 unspecified atom stereocenters. The summed E-state index contributed by atoms with van der Waals surface area (Å²) in [6.07, 6.45) is 5.88. The first-order chi connectivity index (χ1) is 17.8. The number of nitrogens with zero attached hydrogens (tertiary/aromatic N) is 6. The van der Waals surface area contributed by atoms with E-state index < -0.39 is 12.1 Å². The van der Waals surface area contributed by atoms with Crippen LogP contribution in [0.4, 0.5) is 13.2 Å². The highest BCUT2D eigenvalue weighted by atomic mass is 19.4. The van der Waals surface area contributed by atoms with E-state index in [-0.39, 0.29) is 6.04 Å². The number of pyridine rings is 1. The number of carboxylic acids is 1. The van der Waals surface area contributed by atoms with Gasteiger partial charge in [0.2, 0.25) is 0 Å². The molecule has 0 saturated carbocycles. The Kier molecular flexibility index (Phi) is 7.24. The van der Waals surface area contributed by atoms with Crippen molar-refractivity contribution in [2.75, 3.05) is 0 Å². The number of hydrogen-bond acceptors (Lipinski definition) is 6. The van der Waals surface area contributed by atoms with E-state index in [0.29, 0.717) is 6.42 Å². The van der Waals surface area contributed by atoms with Gasteiger partial charge in [-0.3, -0.25) is 9.67 Å². The third kappa shape index (κ3) is 5.79. The predicted octanol–water partition coefficient (Wildman–Crippen LogP) is 5.02. The van der Waals surface area contributed by atoms with Gasteiger partial charge >= 0.3 is 12.1 Å². The van der Waals surface area contributed by atoms with E-state index in [4.69, 9.17) is 9.90 Å². The van der Waals surface area contributed by atoms with Gasteiger partial charge in [-0.05, 0) is 41.0 Å². The standard InChI is InChI=1S/C23H17N7.C2HF3O2/c24-8-4-21(18-3-1-2-17(12-18)16-5-9-25-10-6-16)30-14-19(13-29-30)22-20-7-11-26-23(20)28-15-27-22;3-2(4,5)1(6)7/h1-3,5-7,9-15,21H,4H2,(H,26,27,28);(H,6,7). The molecular weight excluding hydrogens is 487 g/mol. The van der Waals surface area contributed by atoms with Gasteiger partial charge in [-0.25, -0.2) is 14.8 Å². The van der Waals surface area contributed by atoms with Gasteiger partial charge in [0.05, 0.1) is 30.4 Å². The summed E-state index contributed by atoms with van der Waals surface area (Å²) in [6, 6.07) is 16.2. The molecule has 0 amide bonds. The quantitative estimate of drug-likeness (QED) is 0.343. The molecule has 0 aliphatic carbocycles. The summed E-state index contributed by atoms with van der Waals surface area (Å²) in [7, 11) is 0. The minimum Gasteiger partial charge on any atom is -0.475 e. The third-order valence-electron chi connectivity index (χ3n) is 5.36. The van der Waals surface area contributed by atoms with Crippen molar-refractivity contribution in [2.24, 2.45) is 0 Å². The summed E-state index contributed by atoms with van der Waals surface area (Å²) in [5.41, 5.74) is 5.67. The molecule has 1 aromatic carbocycles. The minimum absolute atomic E-state index is 0.200. The van der Waals surface area contributed by atoms with Crippen LogP contribution in [0.1, 0.15) is 18.0 Å². The average Bonchev–Trinajstić information content (AvgIpc) is 3.58. The lowest BCUT2D eigenvalue weighted by molar-refractivity contribution is -0.192. The van der Waals surface area contributed by atoms with Gasteiger partial charge in [0.15, 0.2) is 0 Å². The molecule has 0 spiro atoms. The predicted molar refractivity (Wildman–Crippen MR) is 127 cm³/mol. The number of fused-ring (bicyclic) bond motifs is 1. The summed E-state index contributed by atoms with van der Waals surface area (Å²) in [5.74, 6) is -2.76. The first-order valence-corrected chi connectivity index (χ1v) is 10.8. The Morgan fingerprint density at radius 3 is 2.57 bits per heavy atom. The van der Waals surface area contributed by atoms with Crippen molar-refractivity contribution in [2.45, 2.75) is 18.6 Å². The van der Waals surface area contributed by atoms with Crippen LogP contribution >= 0.6 is 0 Å². The van der Waals surface area contributed by atoms with Crippen molar-refractivity contribution in [3.63, 3.8) is 0 Å².